The highest BCUT2D eigenvalue weighted by Gasteiger charge is 2.11. The van der Waals surface area contributed by atoms with Crippen molar-refractivity contribution >= 4 is 5.69 Å². The predicted molar refractivity (Wildman–Crippen MR) is 59.8 cm³/mol. The summed E-state index contributed by atoms with van der Waals surface area (Å²) in [5.74, 6) is 0. The van der Waals surface area contributed by atoms with Crippen LogP contribution in [0.4, 0.5) is 5.69 Å². The minimum atomic E-state index is 0.703. The highest BCUT2D eigenvalue weighted by Crippen LogP contribution is 2.17. The van der Waals surface area contributed by atoms with E-state index < -0.39 is 0 Å². The van der Waals surface area contributed by atoms with E-state index >= 15 is 0 Å². The summed E-state index contributed by atoms with van der Waals surface area (Å²) in [5.41, 5.74) is 10.3. The Kier molecular flexibility index (Phi) is 3.22. The summed E-state index contributed by atoms with van der Waals surface area (Å²) in [4.78, 5) is 5.22. The summed E-state index contributed by atoms with van der Waals surface area (Å²) in [6, 6.07) is 7.80. The highest BCUT2D eigenvalue weighted by molar-refractivity contribution is 5.39. The summed E-state index contributed by atoms with van der Waals surface area (Å²) < 4.78 is 0. The molecule has 0 radical (unpaired) electrons. The van der Waals surface area contributed by atoms with Gasteiger partial charge < -0.3 is 0 Å². The molecule has 0 saturated carbocycles. The molecule has 1 aromatic carbocycles. The average molecular weight is 202 g/mol. The number of nitrogens with zero attached hydrogens (tertiary/aromatic N) is 4. The van der Waals surface area contributed by atoms with Crippen molar-refractivity contribution in [3.05, 3.63) is 40.3 Å². The number of hydrogen-bond donors (Lipinski definition) is 0. The van der Waals surface area contributed by atoms with Gasteiger partial charge in [0.25, 0.3) is 0 Å². The van der Waals surface area contributed by atoms with Crippen molar-refractivity contribution in [1.29, 1.82) is 0 Å². The van der Waals surface area contributed by atoms with Crippen LogP contribution >= 0.6 is 0 Å². The molecule has 2 rings (SSSR count). The number of rotatable bonds is 3. The first kappa shape index (κ1) is 10.0. The molecule has 0 amide bonds. The Bertz CT molecular complexity index is 376. The molecule has 0 aliphatic carbocycles. The zero-order chi connectivity index (χ0) is 10.5. The van der Waals surface area contributed by atoms with Gasteiger partial charge in [-0.1, -0.05) is 23.3 Å². The molecular formula is C11H14N4. The molecule has 1 saturated heterocycles. The molecule has 0 spiro atoms. The Hall–Kier alpha value is -1.51. The molecule has 0 aromatic heterocycles. The molecule has 0 N–H and O–H groups in total. The van der Waals surface area contributed by atoms with Gasteiger partial charge in [-0.15, -0.1) is 0 Å². The van der Waals surface area contributed by atoms with Crippen molar-refractivity contribution in [2.24, 2.45) is 5.11 Å². The summed E-state index contributed by atoms with van der Waals surface area (Å²) in [7, 11) is 0. The highest BCUT2D eigenvalue weighted by atomic mass is 15.1. The maximum Gasteiger partial charge on any atom is 0.0378 e. The van der Waals surface area contributed by atoms with Gasteiger partial charge in [-0.2, -0.15) is 0 Å². The molecule has 1 fully saturated rings. The molecular weight excluding hydrogens is 188 g/mol. The zero-order valence-electron chi connectivity index (χ0n) is 8.63. The molecule has 15 heavy (non-hydrogen) atoms. The van der Waals surface area contributed by atoms with Crippen molar-refractivity contribution in [2.75, 3.05) is 13.1 Å². The minimum Gasteiger partial charge on any atom is -0.299 e. The van der Waals surface area contributed by atoms with Crippen molar-refractivity contribution < 1.29 is 0 Å². The van der Waals surface area contributed by atoms with Crippen LogP contribution in [0.25, 0.3) is 10.4 Å². The topological polar surface area (TPSA) is 52.0 Å². The first-order chi connectivity index (χ1) is 7.38. The van der Waals surface area contributed by atoms with E-state index in [2.05, 4.69) is 21.0 Å². The lowest BCUT2D eigenvalue weighted by Gasteiger charge is -2.14. The van der Waals surface area contributed by atoms with E-state index in [4.69, 9.17) is 5.53 Å². The summed E-state index contributed by atoms with van der Waals surface area (Å²) in [6.07, 6.45) is 2.60. The smallest absolute Gasteiger partial charge is 0.0378 e. The van der Waals surface area contributed by atoms with Crippen LogP contribution in [0.2, 0.25) is 0 Å². The lowest BCUT2D eigenvalue weighted by Crippen LogP contribution is -2.18. The molecule has 0 unspecified atom stereocenters. The van der Waals surface area contributed by atoms with Gasteiger partial charge in [0.15, 0.2) is 0 Å². The van der Waals surface area contributed by atoms with E-state index in [0.29, 0.717) is 5.69 Å². The van der Waals surface area contributed by atoms with Gasteiger partial charge in [0.05, 0.1) is 0 Å². The Balaban J connectivity index is 2.06. The molecule has 1 aliphatic heterocycles. The Morgan fingerprint density at radius 1 is 1.33 bits per heavy atom. The maximum atomic E-state index is 8.34. The fourth-order valence-corrected chi connectivity index (χ4v) is 1.97. The normalized spacial score (nSPS) is 16.3. The Morgan fingerprint density at radius 2 is 2.13 bits per heavy atom. The van der Waals surface area contributed by atoms with E-state index in [-0.39, 0.29) is 0 Å². The fraction of sp³-hybridized carbons (Fsp3) is 0.455. The second-order valence-corrected chi connectivity index (χ2v) is 3.84. The first-order valence-corrected chi connectivity index (χ1v) is 5.25. The van der Waals surface area contributed by atoms with E-state index in [9.17, 15) is 0 Å². The molecule has 78 valence electrons. The zero-order valence-corrected chi connectivity index (χ0v) is 8.63. The summed E-state index contributed by atoms with van der Waals surface area (Å²) in [5, 5.41) is 3.60. The standard InChI is InChI=1S/C11H14N4/c12-14-13-11-5-3-4-10(8-11)9-15-6-1-2-7-15/h3-5,8H,1-2,6-7,9H2. The number of benzene rings is 1. The molecule has 1 aromatic rings. The van der Waals surface area contributed by atoms with Crippen LogP contribution < -0.4 is 0 Å². The second-order valence-electron chi connectivity index (χ2n) is 3.84. The van der Waals surface area contributed by atoms with E-state index in [1.165, 1.54) is 31.5 Å². The third-order valence-corrected chi connectivity index (χ3v) is 2.68. The average Bonchev–Trinajstić information content (AvgIpc) is 2.71. The molecule has 4 nitrogen and oxygen atoms in total. The third-order valence-electron chi connectivity index (χ3n) is 2.68. The minimum absolute atomic E-state index is 0.703. The van der Waals surface area contributed by atoms with Crippen LogP contribution in [0, 0.1) is 0 Å². The van der Waals surface area contributed by atoms with Crippen LogP contribution in [-0.4, -0.2) is 18.0 Å². The monoisotopic (exact) mass is 202 g/mol. The molecule has 1 heterocycles. The lowest BCUT2D eigenvalue weighted by molar-refractivity contribution is 0.331. The Labute approximate surface area is 89.1 Å². The van der Waals surface area contributed by atoms with E-state index in [0.717, 1.165) is 6.54 Å². The molecule has 4 heteroatoms. The molecule has 1 aliphatic rings. The summed E-state index contributed by atoms with van der Waals surface area (Å²) >= 11 is 0. The van der Waals surface area contributed by atoms with Crippen molar-refractivity contribution in [3.8, 4) is 0 Å². The third kappa shape index (κ3) is 2.72. The van der Waals surface area contributed by atoms with Gasteiger partial charge in [-0.05, 0) is 43.1 Å². The first-order valence-electron chi connectivity index (χ1n) is 5.25. The molecule has 0 bridgehead atoms. The van der Waals surface area contributed by atoms with Crippen molar-refractivity contribution in [2.45, 2.75) is 19.4 Å². The van der Waals surface area contributed by atoms with Crippen LogP contribution in [-0.2, 0) is 6.54 Å². The number of hydrogen-bond acceptors (Lipinski definition) is 2. The van der Waals surface area contributed by atoms with Crippen LogP contribution in [0.3, 0.4) is 0 Å². The predicted octanol–water partition coefficient (Wildman–Crippen LogP) is 3.22. The largest absolute Gasteiger partial charge is 0.299 e. The molecule has 0 atom stereocenters. The van der Waals surface area contributed by atoms with Gasteiger partial charge in [-0.25, -0.2) is 0 Å². The van der Waals surface area contributed by atoms with E-state index in [1.54, 1.807) is 0 Å². The van der Waals surface area contributed by atoms with Crippen LogP contribution in [0.15, 0.2) is 29.4 Å². The lowest BCUT2D eigenvalue weighted by atomic mass is 10.2. The Morgan fingerprint density at radius 3 is 2.87 bits per heavy atom. The number of likely N-dealkylation sites (tertiary alicyclic amines) is 1. The second kappa shape index (κ2) is 4.82. The van der Waals surface area contributed by atoms with E-state index in [1.807, 2.05) is 18.2 Å². The number of azide groups is 1. The van der Waals surface area contributed by atoms with Gasteiger partial charge in [-0.3, -0.25) is 4.90 Å². The van der Waals surface area contributed by atoms with Crippen molar-refractivity contribution in [3.63, 3.8) is 0 Å². The summed E-state index contributed by atoms with van der Waals surface area (Å²) in [6.45, 7) is 3.34. The van der Waals surface area contributed by atoms with Crippen LogP contribution in [0.1, 0.15) is 18.4 Å². The van der Waals surface area contributed by atoms with Crippen molar-refractivity contribution in [1.82, 2.24) is 4.90 Å². The van der Waals surface area contributed by atoms with Gasteiger partial charge in [0, 0.05) is 17.1 Å². The van der Waals surface area contributed by atoms with Gasteiger partial charge >= 0.3 is 0 Å². The fourth-order valence-electron chi connectivity index (χ4n) is 1.97. The quantitative estimate of drug-likeness (QED) is 0.421. The van der Waals surface area contributed by atoms with Gasteiger partial charge in [0.1, 0.15) is 0 Å². The van der Waals surface area contributed by atoms with Gasteiger partial charge in [0.2, 0.25) is 0 Å². The SMILES string of the molecule is [N-]=[N+]=Nc1cccc(CN2CCCC2)c1. The van der Waals surface area contributed by atoms with Crippen LogP contribution in [0.5, 0.6) is 0 Å². The maximum absolute atomic E-state index is 8.34.